The third kappa shape index (κ3) is 27.9. The van der Waals surface area contributed by atoms with Gasteiger partial charge in [-0.25, -0.2) is 4.57 Å². The van der Waals surface area contributed by atoms with E-state index in [1.165, 1.54) is 89.9 Å². The lowest BCUT2D eigenvalue weighted by Gasteiger charge is -2.20. The molecule has 0 aromatic rings. The van der Waals surface area contributed by atoms with Gasteiger partial charge in [0.2, 0.25) is 5.91 Å². The van der Waals surface area contributed by atoms with E-state index >= 15 is 0 Å². The van der Waals surface area contributed by atoms with E-state index in [2.05, 4.69) is 19.2 Å². The predicted molar refractivity (Wildman–Crippen MR) is 208 cm³/mol. The molecule has 2 atom stereocenters. The third-order valence-corrected chi connectivity index (χ3v) is 10.2. The van der Waals surface area contributed by atoms with Gasteiger partial charge in [0.25, 0.3) is 11.8 Å². The van der Waals surface area contributed by atoms with Crippen LogP contribution in [0.2, 0.25) is 0 Å². The molecule has 14 heteroatoms. The van der Waals surface area contributed by atoms with Crippen LogP contribution in [0.1, 0.15) is 174 Å². The molecule has 1 unspecified atom stereocenters. The van der Waals surface area contributed by atoms with E-state index in [-0.39, 0.29) is 45.6 Å². The summed E-state index contributed by atoms with van der Waals surface area (Å²) >= 11 is 0. The van der Waals surface area contributed by atoms with Crippen LogP contribution in [0.3, 0.4) is 0 Å². The fraction of sp³-hybridized carbons (Fsp3) is 0.825. The lowest BCUT2D eigenvalue weighted by molar-refractivity contribution is -0.161. The number of nitrogens with zero attached hydrogens (tertiary/aromatic N) is 1. The largest absolute Gasteiger partial charge is 0.472 e. The van der Waals surface area contributed by atoms with Crippen molar-refractivity contribution < 1.29 is 52.0 Å². The van der Waals surface area contributed by atoms with Gasteiger partial charge in [-0.1, -0.05) is 142 Å². The molecule has 1 aliphatic heterocycles. The van der Waals surface area contributed by atoms with Gasteiger partial charge in [0.15, 0.2) is 6.10 Å². The van der Waals surface area contributed by atoms with Gasteiger partial charge in [-0.05, 0) is 12.8 Å². The molecular weight excluding hydrogens is 715 g/mol. The number of carbonyl (C=O) groups excluding carboxylic acids is 5. The van der Waals surface area contributed by atoms with Crippen molar-refractivity contribution in [1.82, 2.24) is 10.2 Å². The number of phosphoric ester groups is 1. The number of imide groups is 1. The Morgan fingerprint density at radius 3 is 1.57 bits per heavy atom. The van der Waals surface area contributed by atoms with E-state index in [1.807, 2.05) is 0 Å². The molecule has 0 saturated heterocycles. The zero-order valence-electron chi connectivity index (χ0n) is 33.4. The first-order chi connectivity index (χ1) is 26.1. The molecule has 13 nitrogen and oxygen atoms in total. The standard InChI is InChI=1S/C40H71N2O11P/c1-3-5-7-9-11-13-15-17-19-21-23-25-39(46)50-33-35(53-40(47)26-24-22-20-18-16-14-12-10-8-6-4-2)34-52-54(48,49)51-32-30-41-36(43)29-31-42-37(44)27-28-38(42)45/h27-28,35H,3-26,29-34H2,1-2H3,(H,41,43)(H,48,49)/t35-/m1/s1. The number of nitrogens with one attached hydrogen (secondary N) is 1. The second-order valence-electron chi connectivity index (χ2n) is 14.2. The summed E-state index contributed by atoms with van der Waals surface area (Å²) in [5.41, 5.74) is 0. The smallest absolute Gasteiger partial charge is 0.462 e. The number of ether oxygens (including phenoxy) is 2. The fourth-order valence-corrected chi connectivity index (χ4v) is 6.76. The predicted octanol–water partition coefficient (Wildman–Crippen LogP) is 8.41. The lowest BCUT2D eigenvalue weighted by atomic mass is 10.1. The van der Waals surface area contributed by atoms with Crippen LogP contribution in [0.15, 0.2) is 12.2 Å². The van der Waals surface area contributed by atoms with E-state index in [0.717, 1.165) is 55.6 Å². The molecule has 1 aliphatic rings. The number of rotatable bonds is 37. The van der Waals surface area contributed by atoms with Crippen LogP contribution in [0.5, 0.6) is 0 Å². The number of esters is 2. The van der Waals surface area contributed by atoms with Crippen molar-refractivity contribution in [2.24, 2.45) is 0 Å². The molecule has 54 heavy (non-hydrogen) atoms. The molecule has 0 bridgehead atoms. The number of amides is 3. The molecule has 0 aromatic heterocycles. The fourth-order valence-electron chi connectivity index (χ4n) is 6.01. The monoisotopic (exact) mass is 786 g/mol. The number of phosphoric acid groups is 1. The summed E-state index contributed by atoms with van der Waals surface area (Å²) in [5.74, 6) is -2.42. The average Bonchev–Trinajstić information content (AvgIpc) is 3.47. The molecule has 1 heterocycles. The summed E-state index contributed by atoms with van der Waals surface area (Å²) in [6.07, 6.45) is 26.7. The molecular formula is C40H71N2O11P. The lowest BCUT2D eigenvalue weighted by Crippen LogP contribution is -2.35. The Morgan fingerprint density at radius 2 is 1.09 bits per heavy atom. The maximum atomic E-state index is 12.7. The molecule has 0 saturated carbocycles. The number of carbonyl (C=O) groups is 5. The first kappa shape index (κ1) is 49.4. The topological polar surface area (TPSA) is 175 Å². The Bertz CT molecular complexity index is 1120. The van der Waals surface area contributed by atoms with Crippen molar-refractivity contribution in [2.45, 2.75) is 180 Å². The van der Waals surface area contributed by atoms with E-state index in [4.69, 9.17) is 18.5 Å². The van der Waals surface area contributed by atoms with E-state index in [9.17, 15) is 33.4 Å². The number of unbranched alkanes of at least 4 members (excludes halogenated alkanes) is 20. The Labute approximate surface area is 324 Å². The highest BCUT2D eigenvalue weighted by Crippen LogP contribution is 2.43. The zero-order valence-corrected chi connectivity index (χ0v) is 34.3. The SMILES string of the molecule is CCCCCCCCCCCCCC(=O)OC[C@H](COP(=O)(O)OCCNC(=O)CCN1C(=O)C=CC1=O)OC(=O)CCCCCCCCCCCCC. The van der Waals surface area contributed by atoms with Gasteiger partial charge in [0.1, 0.15) is 6.61 Å². The van der Waals surface area contributed by atoms with Gasteiger partial charge in [-0.3, -0.25) is 37.9 Å². The molecule has 1 rings (SSSR count). The van der Waals surface area contributed by atoms with Crippen LogP contribution in [-0.2, 0) is 47.1 Å². The van der Waals surface area contributed by atoms with Crippen LogP contribution in [0.25, 0.3) is 0 Å². The van der Waals surface area contributed by atoms with Crippen molar-refractivity contribution in [3.05, 3.63) is 12.2 Å². The molecule has 312 valence electrons. The van der Waals surface area contributed by atoms with Gasteiger partial charge in [0.05, 0.1) is 13.2 Å². The highest BCUT2D eigenvalue weighted by atomic mass is 31.2. The molecule has 0 spiro atoms. The highest BCUT2D eigenvalue weighted by molar-refractivity contribution is 7.47. The molecule has 0 aromatic carbocycles. The van der Waals surface area contributed by atoms with Crippen molar-refractivity contribution in [3.63, 3.8) is 0 Å². The van der Waals surface area contributed by atoms with Crippen LogP contribution in [-0.4, -0.2) is 78.5 Å². The summed E-state index contributed by atoms with van der Waals surface area (Å²) in [7, 11) is -4.62. The van der Waals surface area contributed by atoms with Gasteiger partial charge >= 0.3 is 19.8 Å². The summed E-state index contributed by atoms with van der Waals surface area (Å²) in [6.45, 7) is 2.96. The van der Waals surface area contributed by atoms with Crippen LogP contribution >= 0.6 is 7.82 Å². The quantitative estimate of drug-likeness (QED) is 0.0268. The second-order valence-corrected chi connectivity index (χ2v) is 15.7. The van der Waals surface area contributed by atoms with Gasteiger partial charge in [-0.2, -0.15) is 0 Å². The van der Waals surface area contributed by atoms with E-state index in [1.54, 1.807) is 0 Å². The van der Waals surface area contributed by atoms with Crippen LogP contribution in [0.4, 0.5) is 0 Å². The summed E-state index contributed by atoms with van der Waals surface area (Å²) in [4.78, 5) is 71.5. The average molecular weight is 787 g/mol. The van der Waals surface area contributed by atoms with Crippen molar-refractivity contribution >= 4 is 37.5 Å². The summed E-state index contributed by atoms with van der Waals surface area (Å²) < 4.78 is 33.4. The highest BCUT2D eigenvalue weighted by Gasteiger charge is 2.27. The maximum absolute atomic E-state index is 12.7. The molecule has 0 aliphatic carbocycles. The van der Waals surface area contributed by atoms with Crippen molar-refractivity contribution in [2.75, 3.05) is 32.9 Å². The van der Waals surface area contributed by atoms with E-state index < -0.39 is 50.2 Å². The Morgan fingerprint density at radius 1 is 0.648 bits per heavy atom. The first-order valence-corrected chi connectivity index (χ1v) is 22.3. The summed E-state index contributed by atoms with van der Waals surface area (Å²) in [5, 5.41) is 2.47. The minimum absolute atomic E-state index is 0.0950. The minimum atomic E-state index is -4.62. The molecule has 0 radical (unpaired) electrons. The second kappa shape index (κ2) is 32.6. The number of hydrogen-bond acceptors (Lipinski definition) is 10. The Kier molecular flexibility index (Phi) is 29.9. The van der Waals surface area contributed by atoms with E-state index in [0.29, 0.717) is 12.8 Å². The maximum Gasteiger partial charge on any atom is 0.472 e. The zero-order chi connectivity index (χ0) is 39.7. The molecule has 3 amide bonds. The Balaban J connectivity index is 2.41. The summed E-state index contributed by atoms with van der Waals surface area (Å²) in [6, 6.07) is 0. The minimum Gasteiger partial charge on any atom is -0.462 e. The van der Waals surface area contributed by atoms with Gasteiger partial charge < -0.3 is 19.7 Å². The van der Waals surface area contributed by atoms with Gasteiger partial charge in [-0.15, -0.1) is 0 Å². The van der Waals surface area contributed by atoms with Gasteiger partial charge in [0, 0.05) is 44.5 Å². The van der Waals surface area contributed by atoms with Crippen molar-refractivity contribution in [3.8, 4) is 0 Å². The van der Waals surface area contributed by atoms with Crippen LogP contribution < -0.4 is 5.32 Å². The van der Waals surface area contributed by atoms with Crippen molar-refractivity contribution in [1.29, 1.82) is 0 Å². The first-order valence-electron chi connectivity index (χ1n) is 20.8. The van der Waals surface area contributed by atoms with Crippen LogP contribution in [0, 0.1) is 0 Å². The normalized spacial score (nSPS) is 14.3. The molecule has 2 N–H and O–H groups in total. The number of hydrogen-bond donors (Lipinski definition) is 2. The Hall–Kier alpha value is -2.60. The molecule has 0 fully saturated rings. The third-order valence-electron chi connectivity index (χ3n) is 9.26.